The molecule has 1 aliphatic heterocycles. The zero-order chi connectivity index (χ0) is 13.3. The van der Waals surface area contributed by atoms with Crippen molar-refractivity contribution in [2.24, 2.45) is 17.6 Å². The van der Waals surface area contributed by atoms with Crippen molar-refractivity contribution in [3.63, 3.8) is 0 Å². The molecule has 1 aromatic rings. The first-order valence-corrected chi connectivity index (χ1v) is 7.15. The van der Waals surface area contributed by atoms with Gasteiger partial charge in [0.2, 0.25) is 0 Å². The van der Waals surface area contributed by atoms with Crippen LogP contribution in [0.5, 0.6) is 0 Å². The van der Waals surface area contributed by atoms with E-state index < -0.39 is 0 Å². The average molecular weight is 267 g/mol. The number of piperidine rings is 1. The van der Waals surface area contributed by atoms with E-state index in [9.17, 15) is 0 Å². The number of anilines is 1. The van der Waals surface area contributed by atoms with Gasteiger partial charge in [-0.05, 0) is 48.9 Å². The lowest BCUT2D eigenvalue weighted by atomic mass is 9.91. The van der Waals surface area contributed by atoms with Gasteiger partial charge in [0.05, 0.1) is 0 Å². The minimum Gasteiger partial charge on any atom is -0.371 e. The van der Waals surface area contributed by atoms with Gasteiger partial charge in [-0.15, -0.1) is 0 Å². The average Bonchev–Trinajstić information content (AvgIpc) is 2.27. The van der Waals surface area contributed by atoms with Gasteiger partial charge in [0.1, 0.15) is 0 Å². The lowest BCUT2D eigenvalue weighted by Crippen LogP contribution is -2.39. The van der Waals surface area contributed by atoms with E-state index in [1.165, 1.54) is 12.1 Å². The van der Waals surface area contributed by atoms with Crippen LogP contribution in [-0.4, -0.2) is 13.1 Å². The van der Waals surface area contributed by atoms with Crippen molar-refractivity contribution in [3.8, 4) is 0 Å². The molecule has 0 aromatic heterocycles. The Balaban J connectivity index is 2.32. The molecule has 2 rings (SSSR count). The highest BCUT2D eigenvalue weighted by Crippen LogP contribution is 2.32. The predicted octanol–water partition coefficient (Wildman–Crippen LogP) is 3.84. The van der Waals surface area contributed by atoms with E-state index in [-0.39, 0.29) is 6.04 Å². The summed E-state index contributed by atoms with van der Waals surface area (Å²) in [5.41, 5.74) is 8.49. The molecule has 1 heterocycles. The van der Waals surface area contributed by atoms with Crippen LogP contribution in [0.1, 0.15) is 38.8 Å². The monoisotopic (exact) mass is 266 g/mol. The largest absolute Gasteiger partial charge is 0.371 e. The van der Waals surface area contributed by atoms with E-state index in [0.29, 0.717) is 0 Å². The molecule has 1 unspecified atom stereocenters. The molecule has 0 bridgehead atoms. The van der Waals surface area contributed by atoms with Crippen molar-refractivity contribution in [2.45, 2.75) is 33.2 Å². The molecule has 2 N–H and O–H groups in total. The van der Waals surface area contributed by atoms with Gasteiger partial charge < -0.3 is 10.6 Å². The summed E-state index contributed by atoms with van der Waals surface area (Å²) in [6.45, 7) is 8.90. The van der Waals surface area contributed by atoms with Gasteiger partial charge in [-0.25, -0.2) is 0 Å². The minimum absolute atomic E-state index is 0.0197. The van der Waals surface area contributed by atoms with E-state index in [0.717, 1.165) is 35.5 Å². The molecule has 18 heavy (non-hydrogen) atoms. The number of rotatable bonds is 2. The molecule has 0 spiro atoms. The third-order valence-electron chi connectivity index (χ3n) is 3.69. The van der Waals surface area contributed by atoms with Crippen LogP contribution in [0.4, 0.5) is 5.69 Å². The van der Waals surface area contributed by atoms with Gasteiger partial charge in [-0.3, -0.25) is 0 Å². The highest BCUT2D eigenvalue weighted by molar-refractivity contribution is 6.30. The maximum atomic E-state index is 6.08. The molecule has 0 amide bonds. The van der Waals surface area contributed by atoms with Crippen LogP contribution in [-0.2, 0) is 0 Å². The second-order valence-electron chi connectivity index (χ2n) is 5.84. The third kappa shape index (κ3) is 2.99. The Morgan fingerprint density at radius 1 is 1.28 bits per heavy atom. The zero-order valence-corrected chi connectivity index (χ0v) is 12.2. The number of nitrogens with zero attached hydrogens (tertiary/aromatic N) is 1. The zero-order valence-electron chi connectivity index (χ0n) is 11.5. The Morgan fingerprint density at radius 2 is 1.89 bits per heavy atom. The van der Waals surface area contributed by atoms with Crippen LogP contribution in [0.15, 0.2) is 18.2 Å². The van der Waals surface area contributed by atoms with Gasteiger partial charge in [0.15, 0.2) is 0 Å². The Bertz CT molecular complexity index is 407. The first-order valence-electron chi connectivity index (χ1n) is 6.77. The molecule has 100 valence electrons. The smallest absolute Gasteiger partial charge is 0.0415 e. The van der Waals surface area contributed by atoms with Crippen molar-refractivity contribution in [2.75, 3.05) is 18.0 Å². The van der Waals surface area contributed by atoms with E-state index >= 15 is 0 Å². The molecule has 1 aliphatic rings. The van der Waals surface area contributed by atoms with Crippen LogP contribution >= 0.6 is 11.6 Å². The number of benzene rings is 1. The van der Waals surface area contributed by atoms with Crippen LogP contribution < -0.4 is 10.6 Å². The highest BCUT2D eigenvalue weighted by Gasteiger charge is 2.24. The molecule has 0 radical (unpaired) electrons. The Hall–Kier alpha value is -0.730. The Morgan fingerprint density at radius 3 is 2.44 bits per heavy atom. The van der Waals surface area contributed by atoms with Crippen molar-refractivity contribution in [3.05, 3.63) is 28.8 Å². The van der Waals surface area contributed by atoms with E-state index in [1.807, 2.05) is 19.1 Å². The van der Waals surface area contributed by atoms with Crippen LogP contribution in [0.25, 0.3) is 0 Å². The first-order chi connectivity index (χ1) is 8.47. The van der Waals surface area contributed by atoms with Crippen molar-refractivity contribution >= 4 is 17.3 Å². The summed E-state index contributed by atoms with van der Waals surface area (Å²) in [5, 5.41) is 0.768. The summed E-state index contributed by atoms with van der Waals surface area (Å²) in [6, 6.07) is 6.11. The summed E-state index contributed by atoms with van der Waals surface area (Å²) in [5.74, 6) is 1.48. The summed E-state index contributed by atoms with van der Waals surface area (Å²) >= 11 is 6.08. The molecule has 3 atom stereocenters. The Labute approximate surface area is 115 Å². The molecule has 1 saturated heterocycles. The standard InChI is InChI=1S/C15H23ClN2/c1-10-6-11(2)9-18(8-10)15-5-4-13(16)7-14(15)12(3)17/h4-5,7,10-12H,6,8-9,17H2,1-3H3/t10-,11+,12?. The van der Waals surface area contributed by atoms with E-state index in [4.69, 9.17) is 17.3 Å². The van der Waals surface area contributed by atoms with Gasteiger partial charge in [0.25, 0.3) is 0 Å². The number of hydrogen-bond acceptors (Lipinski definition) is 2. The number of halogens is 1. The Kier molecular flexibility index (Phi) is 4.18. The molecular weight excluding hydrogens is 244 g/mol. The molecule has 2 nitrogen and oxygen atoms in total. The SMILES string of the molecule is CC(N)c1cc(Cl)ccc1N1C[C@H](C)C[C@H](C)C1. The van der Waals surface area contributed by atoms with Crippen LogP contribution in [0.2, 0.25) is 5.02 Å². The fraction of sp³-hybridized carbons (Fsp3) is 0.600. The molecule has 1 fully saturated rings. The predicted molar refractivity (Wildman–Crippen MR) is 79.2 cm³/mol. The second-order valence-corrected chi connectivity index (χ2v) is 6.28. The lowest BCUT2D eigenvalue weighted by molar-refractivity contribution is 0.356. The highest BCUT2D eigenvalue weighted by atomic mass is 35.5. The maximum Gasteiger partial charge on any atom is 0.0415 e. The molecule has 0 aliphatic carbocycles. The van der Waals surface area contributed by atoms with Gasteiger partial charge in [-0.2, -0.15) is 0 Å². The second kappa shape index (κ2) is 5.50. The van der Waals surface area contributed by atoms with Gasteiger partial charge in [0, 0.05) is 29.8 Å². The first kappa shape index (κ1) is 13.7. The van der Waals surface area contributed by atoms with Gasteiger partial charge in [-0.1, -0.05) is 25.4 Å². The van der Waals surface area contributed by atoms with Crippen LogP contribution in [0, 0.1) is 11.8 Å². The number of hydrogen-bond donors (Lipinski definition) is 1. The molecular formula is C15H23ClN2. The lowest BCUT2D eigenvalue weighted by Gasteiger charge is -2.38. The van der Waals surface area contributed by atoms with Crippen molar-refractivity contribution in [1.29, 1.82) is 0 Å². The van der Waals surface area contributed by atoms with Gasteiger partial charge >= 0.3 is 0 Å². The topological polar surface area (TPSA) is 29.3 Å². The summed E-state index contributed by atoms with van der Waals surface area (Å²) < 4.78 is 0. The molecule has 1 aromatic carbocycles. The van der Waals surface area contributed by atoms with E-state index in [1.54, 1.807) is 0 Å². The molecule has 3 heteroatoms. The van der Waals surface area contributed by atoms with Crippen molar-refractivity contribution < 1.29 is 0 Å². The normalized spacial score (nSPS) is 26.2. The maximum absolute atomic E-state index is 6.08. The third-order valence-corrected chi connectivity index (χ3v) is 3.92. The number of nitrogens with two attached hydrogens (primary N) is 1. The fourth-order valence-electron chi connectivity index (χ4n) is 3.04. The molecule has 0 saturated carbocycles. The summed E-state index contributed by atoms with van der Waals surface area (Å²) in [4.78, 5) is 2.47. The minimum atomic E-state index is 0.0197. The fourth-order valence-corrected chi connectivity index (χ4v) is 3.22. The summed E-state index contributed by atoms with van der Waals surface area (Å²) in [6.07, 6.45) is 1.32. The summed E-state index contributed by atoms with van der Waals surface area (Å²) in [7, 11) is 0. The van der Waals surface area contributed by atoms with Crippen LogP contribution in [0.3, 0.4) is 0 Å². The van der Waals surface area contributed by atoms with Crippen molar-refractivity contribution in [1.82, 2.24) is 0 Å². The quantitative estimate of drug-likeness (QED) is 0.881. The van der Waals surface area contributed by atoms with E-state index in [2.05, 4.69) is 24.8 Å².